The Morgan fingerprint density at radius 2 is 2.14 bits per heavy atom. The SMILES string of the molecule is COC1(c2ccccc2)N[NH+]2C=CN=C2SC1c1ccc2c(c1)NC(=O)CO2. The smallest absolute Gasteiger partial charge is 0.287 e. The highest BCUT2D eigenvalue weighted by molar-refractivity contribution is 8.13. The number of nitrogens with zero attached hydrogens (tertiary/aromatic N) is 1. The van der Waals surface area contributed by atoms with Crippen molar-refractivity contribution >= 4 is 28.5 Å². The number of quaternary nitrogens is 1. The summed E-state index contributed by atoms with van der Waals surface area (Å²) in [6, 6.07) is 15.9. The van der Waals surface area contributed by atoms with Gasteiger partial charge in [0.25, 0.3) is 11.1 Å². The highest BCUT2D eigenvalue weighted by Crippen LogP contribution is 2.48. The molecule has 8 heteroatoms. The lowest BCUT2D eigenvalue weighted by Crippen LogP contribution is -3.18. The van der Waals surface area contributed by atoms with Crippen LogP contribution in [0.25, 0.3) is 0 Å². The van der Waals surface area contributed by atoms with Crippen LogP contribution >= 0.6 is 11.8 Å². The molecule has 2 aromatic carbocycles. The van der Waals surface area contributed by atoms with Crippen molar-refractivity contribution < 1.29 is 19.3 Å². The van der Waals surface area contributed by atoms with Crippen molar-refractivity contribution in [3.8, 4) is 5.75 Å². The summed E-state index contributed by atoms with van der Waals surface area (Å²) in [6.45, 7) is 0.0406. The molecule has 7 nitrogen and oxygen atoms in total. The second kappa shape index (κ2) is 6.75. The Bertz CT molecular complexity index is 994. The molecule has 142 valence electrons. The van der Waals surface area contributed by atoms with Crippen LogP contribution in [0.3, 0.4) is 0 Å². The number of fused-ring (bicyclic) bond motifs is 2. The summed E-state index contributed by atoms with van der Waals surface area (Å²) in [5.74, 6) is 0.520. The van der Waals surface area contributed by atoms with Gasteiger partial charge in [0.05, 0.1) is 17.1 Å². The third kappa shape index (κ3) is 2.73. The lowest BCUT2D eigenvalue weighted by molar-refractivity contribution is -0.813. The number of carbonyl (C=O) groups excluding carboxylic acids is 1. The average molecular weight is 395 g/mol. The van der Waals surface area contributed by atoms with E-state index in [0.717, 1.165) is 21.3 Å². The summed E-state index contributed by atoms with van der Waals surface area (Å²) >= 11 is 1.64. The number of thioether (sulfide) groups is 1. The highest BCUT2D eigenvalue weighted by atomic mass is 32.2. The van der Waals surface area contributed by atoms with E-state index in [1.54, 1.807) is 25.1 Å². The number of aliphatic imine (C=N–C) groups is 1. The van der Waals surface area contributed by atoms with Gasteiger partial charge in [-0.15, -0.1) is 5.43 Å². The summed E-state index contributed by atoms with van der Waals surface area (Å²) in [7, 11) is 1.71. The molecule has 0 spiro atoms. The number of hydrogen-bond donors (Lipinski definition) is 3. The minimum atomic E-state index is -0.789. The van der Waals surface area contributed by atoms with Gasteiger partial charge in [-0.2, -0.15) is 10.0 Å². The maximum Gasteiger partial charge on any atom is 0.287 e. The van der Waals surface area contributed by atoms with Gasteiger partial charge >= 0.3 is 0 Å². The van der Waals surface area contributed by atoms with Gasteiger partial charge in [0, 0.05) is 12.7 Å². The molecule has 3 heterocycles. The van der Waals surface area contributed by atoms with Gasteiger partial charge in [0.1, 0.15) is 11.9 Å². The van der Waals surface area contributed by atoms with Gasteiger partial charge in [-0.1, -0.05) is 36.4 Å². The fraction of sp³-hybridized carbons (Fsp3) is 0.200. The van der Waals surface area contributed by atoms with Crippen LogP contribution in [0.2, 0.25) is 0 Å². The Morgan fingerprint density at radius 1 is 1.29 bits per heavy atom. The standard InChI is InChI=1S/C20H18N4O3S/c1-26-20(14-5-3-2-4-6-14)18(28-19-21-9-10-24(19)23-20)13-7-8-16-15(11-13)22-17(25)12-27-16/h2-11,18,23H,12H2,1H3,(H,22,25)/p+1. The summed E-state index contributed by atoms with van der Waals surface area (Å²) < 4.78 is 11.7. The number of nitrogens with one attached hydrogen (secondary N) is 3. The van der Waals surface area contributed by atoms with Crippen molar-refractivity contribution in [2.75, 3.05) is 19.0 Å². The Balaban J connectivity index is 1.62. The minimum Gasteiger partial charge on any atom is -0.482 e. The van der Waals surface area contributed by atoms with E-state index in [2.05, 4.69) is 27.9 Å². The molecule has 3 aliphatic heterocycles. The molecule has 0 radical (unpaired) electrons. The van der Waals surface area contributed by atoms with E-state index in [4.69, 9.17) is 9.47 Å². The topological polar surface area (TPSA) is 76.4 Å². The first kappa shape index (κ1) is 17.4. The first-order valence-corrected chi connectivity index (χ1v) is 9.81. The highest BCUT2D eigenvalue weighted by Gasteiger charge is 2.52. The molecule has 0 aliphatic carbocycles. The molecule has 1 fully saturated rings. The number of ether oxygens (including phenoxy) is 2. The number of amides is 1. The molecule has 2 aromatic rings. The lowest BCUT2D eigenvalue weighted by atomic mass is 9.93. The van der Waals surface area contributed by atoms with Crippen molar-refractivity contribution in [3.05, 3.63) is 72.1 Å². The maximum atomic E-state index is 11.8. The van der Waals surface area contributed by atoms with Crippen LogP contribution in [0.5, 0.6) is 5.75 Å². The third-order valence-electron chi connectivity index (χ3n) is 5.05. The van der Waals surface area contributed by atoms with Crippen molar-refractivity contribution in [2.24, 2.45) is 4.99 Å². The Hall–Kier alpha value is -2.65. The maximum absolute atomic E-state index is 11.8. The van der Waals surface area contributed by atoms with E-state index in [1.165, 1.54) is 0 Å². The van der Waals surface area contributed by atoms with E-state index in [0.29, 0.717) is 11.4 Å². The van der Waals surface area contributed by atoms with Crippen molar-refractivity contribution in [2.45, 2.75) is 11.0 Å². The van der Waals surface area contributed by atoms with Crippen LogP contribution in [0.4, 0.5) is 5.69 Å². The summed E-state index contributed by atoms with van der Waals surface area (Å²) in [6.07, 6.45) is 3.75. The molecule has 3 N–H and O–H groups in total. The van der Waals surface area contributed by atoms with Gasteiger partial charge in [0.15, 0.2) is 6.61 Å². The zero-order chi connectivity index (χ0) is 19.1. The molecule has 1 amide bonds. The predicted molar refractivity (Wildman–Crippen MR) is 107 cm³/mol. The number of hydrogen-bond acceptors (Lipinski definition) is 6. The van der Waals surface area contributed by atoms with Crippen molar-refractivity contribution in [1.82, 2.24) is 5.43 Å². The number of amidine groups is 1. The zero-order valence-corrected chi connectivity index (χ0v) is 16.0. The number of carbonyl (C=O) groups is 1. The number of benzene rings is 2. The fourth-order valence-corrected chi connectivity index (χ4v) is 5.05. The zero-order valence-electron chi connectivity index (χ0n) is 15.1. The average Bonchev–Trinajstić information content (AvgIpc) is 3.20. The van der Waals surface area contributed by atoms with Gasteiger partial charge in [0.2, 0.25) is 5.72 Å². The van der Waals surface area contributed by atoms with Crippen LogP contribution in [-0.4, -0.2) is 24.8 Å². The predicted octanol–water partition coefficient (Wildman–Crippen LogP) is 1.54. The second-order valence-electron chi connectivity index (χ2n) is 6.68. The van der Waals surface area contributed by atoms with Crippen molar-refractivity contribution in [3.63, 3.8) is 0 Å². The second-order valence-corrected chi connectivity index (χ2v) is 7.78. The van der Waals surface area contributed by atoms with E-state index < -0.39 is 5.72 Å². The molecule has 3 aliphatic rings. The molecule has 5 rings (SSSR count). The van der Waals surface area contributed by atoms with Crippen LogP contribution in [-0.2, 0) is 15.3 Å². The first-order chi connectivity index (χ1) is 13.7. The monoisotopic (exact) mass is 395 g/mol. The molecular weight excluding hydrogens is 376 g/mol. The molecule has 3 atom stereocenters. The third-order valence-corrected chi connectivity index (χ3v) is 6.43. The lowest BCUT2D eigenvalue weighted by Gasteiger charge is -2.43. The molecule has 28 heavy (non-hydrogen) atoms. The number of anilines is 1. The van der Waals surface area contributed by atoms with Crippen LogP contribution in [0.15, 0.2) is 65.9 Å². The summed E-state index contributed by atoms with van der Waals surface area (Å²) in [4.78, 5) is 16.2. The fourth-order valence-electron chi connectivity index (χ4n) is 3.72. The Morgan fingerprint density at radius 3 is 2.96 bits per heavy atom. The van der Waals surface area contributed by atoms with Crippen LogP contribution in [0.1, 0.15) is 16.4 Å². The molecular formula is C20H19N4O3S+. The summed E-state index contributed by atoms with van der Waals surface area (Å²) in [5, 5.41) is 4.62. The van der Waals surface area contributed by atoms with E-state index >= 15 is 0 Å². The minimum absolute atomic E-state index is 0.0406. The van der Waals surface area contributed by atoms with Gasteiger partial charge in [-0.3, -0.25) is 4.79 Å². The number of rotatable bonds is 3. The quantitative estimate of drug-likeness (QED) is 0.735. The van der Waals surface area contributed by atoms with Gasteiger partial charge in [-0.05, 0) is 29.5 Å². The van der Waals surface area contributed by atoms with E-state index in [9.17, 15) is 4.79 Å². The molecule has 1 saturated heterocycles. The normalized spacial score (nSPS) is 28.0. The van der Waals surface area contributed by atoms with Gasteiger partial charge < -0.3 is 14.8 Å². The Kier molecular flexibility index (Phi) is 4.21. The molecule has 3 unspecified atom stereocenters. The first-order valence-electron chi connectivity index (χ1n) is 8.93. The molecule has 0 aromatic heterocycles. The van der Waals surface area contributed by atoms with E-state index in [1.807, 2.05) is 42.6 Å². The van der Waals surface area contributed by atoms with Crippen LogP contribution < -0.4 is 20.5 Å². The van der Waals surface area contributed by atoms with E-state index in [-0.39, 0.29) is 17.8 Å². The van der Waals surface area contributed by atoms with Crippen molar-refractivity contribution in [1.29, 1.82) is 0 Å². The van der Waals surface area contributed by atoms with Crippen LogP contribution in [0, 0.1) is 0 Å². The molecule has 0 saturated carbocycles. The van der Waals surface area contributed by atoms with Gasteiger partial charge in [-0.25, -0.2) is 0 Å². The molecule has 0 bridgehead atoms. The summed E-state index contributed by atoms with van der Waals surface area (Å²) in [5.41, 5.74) is 5.47. The largest absolute Gasteiger partial charge is 0.482 e. The Labute approximate surface area is 166 Å². The number of methoxy groups -OCH3 is 1.